The summed E-state index contributed by atoms with van der Waals surface area (Å²) < 4.78 is 5.31. The Bertz CT molecular complexity index is 1220. The highest BCUT2D eigenvalue weighted by molar-refractivity contribution is 6.44. The zero-order valence-electron chi connectivity index (χ0n) is 15.4. The maximum absolute atomic E-state index is 13.1. The molecule has 4 rings (SSSR count). The van der Waals surface area contributed by atoms with Crippen molar-refractivity contribution in [2.75, 3.05) is 12.4 Å². The maximum atomic E-state index is 13.1. The van der Waals surface area contributed by atoms with Crippen molar-refractivity contribution in [3.05, 3.63) is 88.4 Å². The first-order valence-electron chi connectivity index (χ1n) is 8.86. The SMILES string of the molecule is COc1cccc(-c2cc(C(=O)Nc3cccc(Cl)c3Cl)c3ccccc3n2)c1. The number of hydrogen-bond acceptors (Lipinski definition) is 3. The van der Waals surface area contributed by atoms with Crippen molar-refractivity contribution < 1.29 is 9.53 Å². The average molecular weight is 423 g/mol. The van der Waals surface area contributed by atoms with Gasteiger partial charge in [0.1, 0.15) is 5.75 Å². The normalized spacial score (nSPS) is 10.7. The quantitative estimate of drug-likeness (QED) is 0.409. The second-order valence-corrected chi connectivity index (χ2v) is 7.14. The van der Waals surface area contributed by atoms with E-state index in [-0.39, 0.29) is 5.91 Å². The summed E-state index contributed by atoms with van der Waals surface area (Å²) in [5, 5.41) is 4.27. The number of nitrogens with zero attached hydrogens (tertiary/aromatic N) is 1. The van der Waals surface area contributed by atoms with Gasteiger partial charge in [0.25, 0.3) is 5.91 Å². The number of aromatic nitrogens is 1. The monoisotopic (exact) mass is 422 g/mol. The van der Waals surface area contributed by atoms with Gasteiger partial charge in [-0.3, -0.25) is 4.79 Å². The fourth-order valence-electron chi connectivity index (χ4n) is 3.08. The Kier molecular flexibility index (Phi) is 5.38. The number of carbonyl (C=O) groups excluding carboxylic acids is 1. The average Bonchev–Trinajstić information content (AvgIpc) is 2.76. The van der Waals surface area contributed by atoms with Crippen LogP contribution in [0.1, 0.15) is 10.4 Å². The summed E-state index contributed by atoms with van der Waals surface area (Å²) in [4.78, 5) is 17.9. The Hall–Kier alpha value is -3.08. The number of benzene rings is 3. The molecule has 0 aliphatic carbocycles. The number of fused-ring (bicyclic) bond motifs is 1. The van der Waals surface area contributed by atoms with Gasteiger partial charge in [0, 0.05) is 10.9 Å². The van der Waals surface area contributed by atoms with E-state index in [2.05, 4.69) is 5.32 Å². The van der Waals surface area contributed by atoms with Gasteiger partial charge in [-0.15, -0.1) is 0 Å². The topological polar surface area (TPSA) is 51.2 Å². The van der Waals surface area contributed by atoms with Gasteiger partial charge in [0.15, 0.2) is 0 Å². The summed E-state index contributed by atoms with van der Waals surface area (Å²) in [6.07, 6.45) is 0. The van der Waals surface area contributed by atoms with E-state index in [0.717, 1.165) is 16.5 Å². The van der Waals surface area contributed by atoms with Crippen molar-refractivity contribution in [2.45, 2.75) is 0 Å². The molecular formula is C23H16Cl2N2O2. The molecule has 4 nitrogen and oxygen atoms in total. The van der Waals surface area contributed by atoms with E-state index in [0.29, 0.717) is 32.7 Å². The number of carbonyl (C=O) groups is 1. The van der Waals surface area contributed by atoms with Gasteiger partial charge >= 0.3 is 0 Å². The molecular weight excluding hydrogens is 407 g/mol. The Balaban J connectivity index is 1.82. The van der Waals surface area contributed by atoms with Gasteiger partial charge in [-0.2, -0.15) is 0 Å². The molecule has 6 heteroatoms. The van der Waals surface area contributed by atoms with Gasteiger partial charge in [-0.25, -0.2) is 4.98 Å². The Morgan fingerprint density at radius 2 is 1.76 bits per heavy atom. The molecule has 0 unspecified atom stereocenters. The van der Waals surface area contributed by atoms with Gasteiger partial charge in [0.05, 0.1) is 39.6 Å². The molecule has 0 atom stereocenters. The fourth-order valence-corrected chi connectivity index (χ4v) is 3.43. The molecule has 29 heavy (non-hydrogen) atoms. The first-order chi connectivity index (χ1) is 14.1. The van der Waals surface area contributed by atoms with Crippen LogP contribution in [0.2, 0.25) is 10.0 Å². The van der Waals surface area contributed by atoms with Crippen LogP contribution in [-0.4, -0.2) is 18.0 Å². The first-order valence-corrected chi connectivity index (χ1v) is 9.62. The summed E-state index contributed by atoms with van der Waals surface area (Å²) in [7, 11) is 1.61. The van der Waals surface area contributed by atoms with Crippen LogP contribution in [0, 0.1) is 0 Å². The highest BCUT2D eigenvalue weighted by atomic mass is 35.5. The van der Waals surface area contributed by atoms with Crippen molar-refractivity contribution >= 4 is 45.7 Å². The summed E-state index contributed by atoms with van der Waals surface area (Å²) in [5.41, 5.74) is 3.18. The molecule has 3 aromatic carbocycles. The van der Waals surface area contributed by atoms with Crippen LogP contribution in [0.15, 0.2) is 72.8 Å². The molecule has 0 saturated carbocycles. The summed E-state index contributed by atoms with van der Waals surface area (Å²) in [6, 6.07) is 21.9. The minimum atomic E-state index is -0.295. The lowest BCUT2D eigenvalue weighted by Crippen LogP contribution is -2.13. The van der Waals surface area contributed by atoms with Gasteiger partial charge in [-0.1, -0.05) is 59.6 Å². The lowest BCUT2D eigenvalue weighted by molar-refractivity contribution is 0.102. The van der Waals surface area contributed by atoms with E-state index in [9.17, 15) is 4.79 Å². The standard InChI is InChI=1S/C23H16Cl2N2O2/c1-29-15-7-4-6-14(12-15)21-13-17(16-8-2-3-10-19(16)26-21)23(28)27-20-11-5-9-18(24)22(20)25/h2-13H,1H3,(H,27,28). The van der Waals surface area contributed by atoms with Crippen LogP contribution >= 0.6 is 23.2 Å². The number of pyridine rings is 1. The summed E-state index contributed by atoms with van der Waals surface area (Å²) in [5.74, 6) is 0.422. The molecule has 1 N–H and O–H groups in total. The van der Waals surface area contributed by atoms with Crippen molar-refractivity contribution in [3.63, 3.8) is 0 Å². The van der Waals surface area contributed by atoms with Crippen LogP contribution in [0.4, 0.5) is 5.69 Å². The molecule has 0 aliphatic rings. The van der Waals surface area contributed by atoms with E-state index in [1.54, 1.807) is 31.4 Å². The Morgan fingerprint density at radius 1 is 0.966 bits per heavy atom. The molecule has 1 aromatic heterocycles. The number of hydrogen-bond donors (Lipinski definition) is 1. The Labute approximate surface area is 178 Å². The van der Waals surface area contributed by atoms with E-state index in [1.165, 1.54) is 0 Å². The number of amides is 1. The predicted molar refractivity (Wildman–Crippen MR) is 118 cm³/mol. The lowest BCUT2D eigenvalue weighted by Gasteiger charge is -2.12. The molecule has 0 aliphatic heterocycles. The largest absolute Gasteiger partial charge is 0.497 e. The van der Waals surface area contributed by atoms with Crippen molar-refractivity contribution in [2.24, 2.45) is 0 Å². The van der Waals surface area contributed by atoms with Gasteiger partial charge in [0.2, 0.25) is 0 Å². The van der Waals surface area contributed by atoms with Gasteiger partial charge < -0.3 is 10.1 Å². The molecule has 0 spiro atoms. The molecule has 1 amide bonds. The second kappa shape index (κ2) is 8.11. The molecule has 4 aromatic rings. The number of methoxy groups -OCH3 is 1. The number of ether oxygens (including phenoxy) is 1. The third kappa shape index (κ3) is 3.90. The van der Waals surface area contributed by atoms with E-state index in [4.69, 9.17) is 32.9 Å². The number of anilines is 1. The molecule has 0 saturated heterocycles. The van der Waals surface area contributed by atoms with Crippen LogP contribution in [0.3, 0.4) is 0 Å². The molecule has 0 radical (unpaired) electrons. The minimum Gasteiger partial charge on any atom is -0.497 e. The maximum Gasteiger partial charge on any atom is 0.256 e. The highest BCUT2D eigenvalue weighted by Gasteiger charge is 2.16. The van der Waals surface area contributed by atoms with Gasteiger partial charge in [-0.05, 0) is 36.4 Å². The van der Waals surface area contributed by atoms with Crippen molar-refractivity contribution in [3.8, 4) is 17.0 Å². The van der Waals surface area contributed by atoms with Crippen molar-refractivity contribution in [1.82, 2.24) is 4.98 Å². The lowest BCUT2D eigenvalue weighted by atomic mass is 10.0. The molecule has 144 valence electrons. The number of halogens is 2. The van der Waals surface area contributed by atoms with E-state index in [1.807, 2.05) is 48.5 Å². The zero-order chi connectivity index (χ0) is 20.4. The molecule has 0 fully saturated rings. The summed E-state index contributed by atoms with van der Waals surface area (Å²) in [6.45, 7) is 0. The smallest absolute Gasteiger partial charge is 0.256 e. The third-order valence-electron chi connectivity index (χ3n) is 4.53. The van der Waals surface area contributed by atoms with Crippen LogP contribution in [0.5, 0.6) is 5.75 Å². The minimum absolute atomic E-state index is 0.295. The summed E-state index contributed by atoms with van der Waals surface area (Å²) >= 11 is 12.3. The number of para-hydroxylation sites is 1. The van der Waals surface area contributed by atoms with Crippen molar-refractivity contribution in [1.29, 1.82) is 0 Å². The Morgan fingerprint density at radius 3 is 2.59 bits per heavy atom. The number of rotatable bonds is 4. The second-order valence-electron chi connectivity index (χ2n) is 6.36. The van der Waals surface area contributed by atoms with Crippen LogP contribution in [-0.2, 0) is 0 Å². The molecule has 0 bridgehead atoms. The molecule has 1 heterocycles. The predicted octanol–water partition coefficient (Wildman–Crippen LogP) is 6.47. The highest BCUT2D eigenvalue weighted by Crippen LogP contribution is 2.31. The number of nitrogens with one attached hydrogen (secondary N) is 1. The fraction of sp³-hybridized carbons (Fsp3) is 0.0435. The van der Waals surface area contributed by atoms with E-state index >= 15 is 0 Å². The third-order valence-corrected chi connectivity index (χ3v) is 5.35. The van der Waals surface area contributed by atoms with E-state index < -0.39 is 0 Å². The van der Waals surface area contributed by atoms with Crippen LogP contribution in [0.25, 0.3) is 22.2 Å². The van der Waals surface area contributed by atoms with Crippen LogP contribution < -0.4 is 10.1 Å². The first kappa shape index (κ1) is 19.2. The zero-order valence-corrected chi connectivity index (χ0v) is 17.0.